The average Bonchev–Trinajstić information content (AvgIpc) is 2.77. The Morgan fingerprint density at radius 2 is 1.47 bits per heavy atom. The summed E-state index contributed by atoms with van der Waals surface area (Å²) in [5.41, 5.74) is 0.875. The van der Waals surface area contributed by atoms with Gasteiger partial charge in [-0.3, -0.25) is 4.79 Å². The third-order valence-corrected chi connectivity index (χ3v) is 5.45. The molecule has 2 aromatic carbocycles. The van der Waals surface area contributed by atoms with Gasteiger partial charge in [0.15, 0.2) is 0 Å². The molecule has 30 heavy (non-hydrogen) atoms. The predicted molar refractivity (Wildman–Crippen MR) is 123 cm³/mol. The zero-order chi connectivity index (χ0) is 21.6. The van der Waals surface area contributed by atoms with Crippen molar-refractivity contribution in [2.45, 2.75) is 71.1 Å². The Morgan fingerprint density at radius 3 is 2.03 bits per heavy atom. The second-order valence-corrected chi connectivity index (χ2v) is 7.82. The first-order valence-corrected chi connectivity index (χ1v) is 11.4. The average molecular weight is 414 g/mol. The lowest BCUT2D eigenvalue weighted by molar-refractivity contribution is 0.0982. The molecular formula is C26H36FNO2. The maximum Gasteiger partial charge on any atom is 0.261 e. The number of methoxy groups -OCH3 is 1. The predicted octanol–water partition coefficient (Wildman–Crippen LogP) is 7.40. The van der Waals surface area contributed by atoms with Gasteiger partial charge in [-0.15, -0.1) is 0 Å². The van der Waals surface area contributed by atoms with Crippen LogP contribution in [0.15, 0.2) is 48.5 Å². The van der Waals surface area contributed by atoms with Crippen molar-refractivity contribution in [3.63, 3.8) is 0 Å². The van der Waals surface area contributed by atoms with E-state index in [1.54, 1.807) is 11.0 Å². The molecule has 164 valence electrons. The SMILES string of the molecule is CCCCCCCCCCCCN(C(=O)c1ccc(OC)cc1F)c1ccccc1. The number of ether oxygens (including phenoxy) is 1. The molecule has 0 radical (unpaired) electrons. The summed E-state index contributed by atoms with van der Waals surface area (Å²) in [6, 6.07) is 13.9. The molecule has 0 unspecified atom stereocenters. The molecule has 0 aliphatic rings. The standard InChI is InChI=1S/C26H36FNO2/c1-3-4-5-6-7-8-9-10-11-15-20-28(22-16-13-12-14-17-22)26(29)24-19-18-23(30-2)21-25(24)27/h12-14,16-19,21H,3-11,15,20H2,1-2H3. The van der Waals surface area contributed by atoms with Crippen molar-refractivity contribution in [3.8, 4) is 5.75 Å². The Labute approximate surface area is 181 Å². The fraction of sp³-hybridized carbons (Fsp3) is 0.500. The number of nitrogens with zero attached hydrogens (tertiary/aromatic N) is 1. The van der Waals surface area contributed by atoms with E-state index in [0.717, 1.165) is 18.5 Å². The van der Waals surface area contributed by atoms with Crippen molar-refractivity contribution in [2.75, 3.05) is 18.6 Å². The van der Waals surface area contributed by atoms with Crippen LogP contribution < -0.4 is 9.64 Å². The van der Waals surface area contributed by atoms with Crippen molar-refractivity contribution >= 4 is 11.6 Å². The molecule has 0 atom stereocenters. The number of halogens is 1. The second kappa shape index (κ2) is 13.8. The van der Waals surface area contributed by atoms with Crippen molar-refractivity contribution in [2.24, 2.45) is 0 Å². The van der Waals surface area contributed by atoms with Crippen molar-refractivity contribution in [1.29, 1.82) is 0 Å². The number of carbonyl (C=O) groups excluding carboxylic acids is 1. The summed E-state index contributed by atoms with van der Waals surface area (Å²) in [7, 11) is 1.48. The molecule has 0 saturated heterocycles. The fourth-order valence-electron chi connectivity index (χ4n) is 3.65. The molecule has 0 aliphatic carbocycles. The molecule has 0 aliphatic heterocycles. The number of para-hydroxylation sites is 1. The Hall–Kier alpha value is -2.36. The second-order valence-electron chi connectivity index (χ2n) is 7.82. The number of hydrogen-bond acceptors (Lipinski definition) is 2. The minimum atomic E-state index is -0.552. The maximum atomic E-state index is 14.5. The molecule has 3 nitrogen and oxygen atoms in total. The first-order chi connectivity index (χ1) is 14.7. The molecule has 2 aromatic rings. The van der Waals surface area contributed by atoms with Gasteiger partial charge in [0.05, 0.1) is 12.7 Å². The largest absolute Gasteiger partial charge is 0.497 e. The fourth-order valence-corrected chi connectivity index (χ4v) is 3.65. The zero-order valence-corrected chi connectivity index (χ0v) is 18.5. The minimum absolute atomic E-state index is 0.0757. The number of rotatable bonds is 14. The highest BCUT2D eigenvalue weighted by atomic mass is 19.1. The van der Waals surface area contributed by atoms with Gasteiger partial charge in [0.1, 0.15) is 11.6 Å². The highest BCUT2D eigenvalue weighted by molar-refractivity contribution is 6.06. The van der Waals surface area contributed by atoms with E-state index in [-0.39, 0.29) is 11.5 Å². The summed E-state index contributed by atoms with van der Waals surface area (Å²) in [6.07, 6.45) is 12.4. The van der Waals surface area contributed by atoms with Gasteiger partial charge in [0.2, 0.25) is 0 Å². The molecule has 2 rings (SSSR count). The summed E-state index contributed by atoms with van der Waals surface area (Å²) in [4.78, 5) is 14.8. The zero-order valence-electron chi connectivity index (χ0n) is 18.5. The van der Waals surface area contributed by atoms with Crippen LogP contribution in [0.3, 0.4) is 0 Å². The molecule has 0 bridgehead atoms. The van der Waals surface area contributed by atoms with E-state index in [1.807, 2.05) is 30.3 Å². The van der Waals surface area contributed by atoms with E-state index in [9.17, 15) is 9.18 Å². The van der Waals surface area contributed by atoms with Gasteiger partial charge < -0.3 is 9.64 Å². The van der Waals surface area contributed by atoms with Crippen molar-refractivity contribution < 1.29 is 13.9 Å². The van der Waals surface area contributed by atoms with Gasteiger partial charge in [0.25, 0.3) is 5.91 Å². The number of hydrogen-bond donors (Lipinski definition) is 0. The third kappa shape index (κ3) is 7.81. The van der Waals surface area contributed by atoms with Crippen LogP contribution in [0.1, 0.15) is 81.5 Å². The third-order valence-electron chi connectivity index (χ3n) is 5.45. The number of carbonyl (C=O) groups is 1. The summed E-state index contributed by atoms with van der Waals surface area (Å²) < 4.78 is 19.5. The van der Waals surface area contributed by atoms with Gasteiger partial charge >= 0.3 is 0 Å². The molecule has 0 N–H and O–H groups in total. The minimum Gasteiger partial charge on any atom is -0.497 e. The molecular weight excluding hydrogens is 377 g/mol. The Kier molecular flexibility index (Phi) is 11.0. The van der Waals surface area contributed by atoms with E-state index >= 15 is 0 Å². The lowest BCUT2D eigenvalue weighted by Gasteiger charge is -2.23. The van der Waals surface area contributed by atoms with Crippen LogP contribution in [0.4, 0.5) is 10.1 Å². The van der Waals surface area contributed by atoms with Crippen LogP contribution in [0.25, 0.3) is 0 Å². The van der Waals surface area contributed by atoms with Crippen LogP contribution in [0.2, 0.25) is 0 Å². The van der Waals surface area contributed by atoms with Gasteiger partial charge in [-0.25, -0.2) is 4.39 Å². The van der Waals surface area contributed by atoms with Crippen LogP contribution >= 0.6 is 0 Å². The lowest BCUT2D eigenvalue weighted by Crippen LogP contribution is -2.32. The summed E-state index contributed by atoms with van der Waals surface area (Å²) in [6.45, 7) is 2.83. The monoisotopic (exact) mass is 413 g/mol. The van der Waals surface area contributed by atoms with Crippen molar-refractivity contribution in [1.82, 2.24) is 0 Å². The molecule has 0 aromatic heterocycles. The van der Waals surface area contributed by atoms with E-state index in [0.29, 0.717) is 12.3 Å². The molecule has 0 heterocycles. The Bertz CT molecular complexity index is 748. The van der Waals surface area contributed by atoms with Crippen LogP contribution in [0, 0.1) is 5.82 Å². The number of unbranched alkanes of at least 4 members (excludes halogenated alkanes) is 9. The highest BCUT2D eigenvalue weighted by Gasteiger charge is 2.21. The van der Waals surface area contributed by atoms with Gasteiger partial charge in [0, 0.05) is 18.3 Å². The van der Waals surface area contributed by atoms with Crippen LogP contribution in [-0.2, 0) is 0 Å². The molecule has 1 amide bonds. The first kappa shape index (κ1) is 23.9. The molecule has 0 saturated carbocycles. The molecule has 0 fully saturated rings. The van der Waals surface area contributed by atoms with E-state index in [4.69, 9.17) is 4.74 Å². The van der Waals surface area contributed by atoms with Gasteiger partial charge in [-0.2, -0.15) is 0 Å². The summed E-state index contributed by atoms with van der Waals surface area (Å²) in [5, 5.41) is 0. The maximum absolute atomic E-state index is 14.5. The lowest BCUT2D eigenvalue weighted by atomic mass is 10.1. The normalized spacial score (nSPS) is 10.8. The Balaban J connectivity index is 1.88. The van der Waals surface area contributed by atoms with Crippen LogP contribution in [-0.4, -0.2) is 19.6 Å². The molecule has 0 spiro atoms. The van der Waals surface area contributed by atoms with Crippen molar-refractivity contribution in [3.05, 3.63) is 59.9 Å². The highest BCUT2D eigenvalue weighted by Crippen LogP contribution is 2.22. The number of amides is 1. The van der Waals surface area contributed by atoms with E-state index in [2.05, 4.69) is 6.92 Å². The Morgan fingerprint density at radius 1 is 0.867 bits per heavy atom. The summed E-state index contributed by atoms with van der Waals surface area (Å²) in [5.74, 6) is -0.453. The first-order valence-electron chi connectivity index (χ1n) is 11.4. The number of anilines is 1. The van der Waals surface area contributed by atoms with Gasteiger partial charge in [-0.1, -0.05) is 82.9 Å². The molecule has 4 heteroatoms. The topological polar surface area (TPSA) is 29.5 Å². The van der Waals surface area contributed by atoms with E-state index < -0.39 is 5.82 Å². The van der Waals surface area contributed by atoms with E-state index in [1.165, 1.54) is 70.6 Å². The smallest absolute Gasteiger partial charge is 0.261 e. The quantitative estimate of drug-likeness (QED) is 0.302. The number of benzene rings is 2. The summed E-state index contributed by atoms with van der Waals surface area (Å²) >= 11 is 0. The van der Waals surface area contributed by atoms with Crippen LogP contribution in [0.5, 0.6) is 5.75 Å². The van der Waals surface area contributed by atoms with Gasteiger partial charge in [-0.05, 0) is 30.7 Å².